The van der Waals surface area contributed by atoms with Crippen molar-refractivity contribution in [2.45, 2.75) is 47.8 Å². The van der Waals surface area contributed by atoms with Gasteiger partial charge in [0.1, 0.15) is 12.4 Å². The first-order chi connectivity index (χ1) is 14.9. The molecule has 172 valence electrons. The molecule has 0 saturated heterocycles. The van der Waals surface area contributed by atoms with Crippen LogP contribution < -0.4 is 10.5 Å². The summed E-state index contributed by atoms with van der Waals surface area (Å²) in [7, 11) is 0. The van der Waals surface area contributed by atoms with Gasteiger partial charge in [0.15, 0.2) is 0 Å². The average molecular weight is 494 g/mol. The van der Waals surface area contributed by atoms with E-state index in [0.717, 1.165) is 26.7 Å². The van der Waals surface area contributed by atoms with E-state index >= 15 is 0 Å². The molecule has 4 nitrogen and oxygen atoms in total. The molecule has 0 aliphatic heterocycles. The van der Waals surface area contributed by atoms with E-state index in [0.29, 0.717) is 24.5 Å². The highest BCUT2D eigenvalue weighted by Gasteiger charge is 2.27. The summed E-state index contributed by atoms with van der Waals surface area (Å²) in [6.07, 6.45) is -0.0644. The van der Waals surface area contributed by atoms with Crippen molar-refractivity contribution in [2.75, 3.05) is 6.61 Å². The number of hydrogen-bond donors (Lipinski definition) is 3. The van der Waals surface area contributed by atoms with Crippen molar-refractivity contribution in [1.29, 1.82) is 0 Å². The summed E-state index contributed by atoms with van der Waals surface area (Å²) in [6.45, 7) is 2.29. The Morgan fingerprint density at radius 2 is 1.75 bits per heavy atom. The zero-order valence-electron chi connectivity index (χ0n) is 17.9. The SMILES string of the molecule is CC(N)(CC(O)CCO)c1ccc(Sc2cccc(OCc3ccccc3)c2)cc1Cl.Cl. The smallest absolute Gasteiger partial charge is 0.120 e. The predicted molar refractivity (Wildman–Crippen MR) is 134 cm³/mol. The quantitative estimate of drug-likeness (QED) is 0.332. The molecule has 0 radical (unpaired) electrons. The second kappa shape index (κ2) is 12.5. The van der Waals surface area contributed by atoms with Gasteiger partial charge in [-0.1, -0.05) is 65.8 Å². The molecule has 3 rings (SSSR count). The highest BCUT2D eigenvalue weighted by Crippen LogP contribution is 2.36. The third-order valence-electron chi connectivity index (χ3n) is 4.97. The summed E-state index contributed by atoms with van der Waals surface area (Å²) in [6, 6.07) is 23.8. The monoisotopic (exact) mass is 493 g/mol. The van der Waals surface area contributed by atoms with E-state index < -0.39 is 11.6 Å². The van der Waals surface area contributed by atoms with Gasteiger partial charge < -0.3 is 20.7 Å². The van der Waals surface area contributed by atoms with Crippen LogP contribution in [0.5, 0.6) is 5.75 Å². The van der Waals surface area contributed by atoms with Crippen LogP contribution in [0.2, 0.25) is 5.02 Å². The van der Waals surface area contributed by atoms with E-state index in [9.17, 15) is 5.11 Å². The van der Waals surface area contributed by atoms with Crippen LogP contribution in [0.1, 0.15) is 30.9 Å². The van der Waals surface area contributed by atoms with Crippen LogP contribution in [0, 0.1) is 0 Å². The largest absolute Gasteiger partial charge is 0.489 e. The van der Waals surface area contributed by atoms with E-state index in [4.69, 9.17) is 27.2 Å². The molecule has 7 heteroatoms. The van der Waals surface area contributed by atoms with Crippen molar-refractivity contribution in [1.82, 2.24) is 0 Å². The van der Waals surface area contributed by atoms with Crippen molar-refractivity contribution < 1.29 is 14.9 Å². The van der Waals surface area contributed by atoms with Gasteiger partial charge in [-0.3, -0.25) is 0 Å². The van der Waals surface area contributed by atoms with Gasteiger partial charge in [-0.25, -0.2) is 0 Å². The van der Waals surface area contributed by atoms with Crippen LogP contribution in [-0.2, 0) is 12.1 Å². The fourth-order valence-corrected chi connectivity index (χ4v) is 4.75. The molecule has 3 aromatic carbocycles. The Bertz CT molecular complexity index is 986. The van der Waals surface area contributed by atoms with Gasteiger partial charge in [-0.2, -0.15) is 0 Å². The maximum absolute atomic E-state index is 10.0. The minimum absolute atomic E-state index is 0. The zero-order valence-corrected chi connectivity index (χ0v) is 20.3. The Morgan fingerprint density at radius 1 is 1.03 bits per heavy atom. The van der Waals surface area contributed by atoms with Crippen LogP contribution in [0.25, 0.3) is 0 Å². The standard InChI is InChI=1S/C25H28ClNO3S.ClH/c1-25(27,16-19(29)12-13-28)23-11-10-22(15-24(23)26)31-21-9-5-8-20(14-21)30-17-18-6-3-2-4-7-18;/h2-11,14-15,19,28-29H,12-13,16-17,27H2,1H3;1H. The Balaban J connectivity index is 0.00000363. The van der Waals surface area contributed by atoms with Gasteiger partial charge in [0.25, 0.3) is 0 Å². The van der Waals surface area contributed by atoms with Crippen molar-refractivity contribution in [3.8, 4) is 5.75 Å². The lowest BCUT2D eigenvalue weighted by atomic mass is 9.86. The first-order valence-electron chi connectivity index (χ1n) is 10.2. The third-order valence-corrected chi connectivity index (χ3v) is 6.26. The summed E-state index contributed by atoms with van der Waals surface area (Å²) in [4.78, 5) is 2.03. The predicted octanol–water partition coefficient (Wildman–Crippen LogP) is 5.80. The van der Waals surface area contributed by atoms with Gasteiger partial charge >= 0.3 is 0 Å². The second-order valence-electron chi connectivity index (χ2n) is 7.78. The molecule has 2 atom stereocenters. The van der Waals surface area contributed by atoms with Crippen LogP contribution in [0.3, 0.4) is 0 Å². The first kappa shape index (κ1) is 26.5. The molecule has 3 aromatic rings. The summed E-state index contributed by atoms with van der Waals surface area (Å²) >= 11 is 8.13. The highest BCUT2D eigenvalue weighted by atomic mass is 35.5. The molecule has 32 heavy (non-hydrogen) atoms. The highest BCUT2D eigenvalue weighted by molar-refractivity contribution is 7.99. The summed E-state index contributed by atoms with van der Waals surface area (Å²) in [5.41, 5.74) is 7.53. The Labute approximate surface area is 205 Å². The van der Waals surface area contributed by atoms with E-state index in [1.165, 1.54) is 0 Å². The van der Waals surface area contributed by atoms with E-state index in [1.54, 1.807) is 11.8 Å². The maximum Gasteiger partial charge on any atom is 0.120 e. The summed E-state index contributed by atoms with van der Waals surface area (Å²) in [5.74, 6) is 0.809. The fraction of sp³-hybridized carbons (Fsp3) is 0.280. The Hall–Kier alpha value is -1.73. The lowest BCUT2D eigenvalue weighted by Gasteiger charge is -2.29. The van der Waals surface area contributed by atoms with Crippen molar-refractivity contribution in [2.24, 2.45) is 5.73 Å². The molecule has 0 aromatic heterocycles. The number of aliphatic hydroxyl groups excluding tert-OH is 2. The van der Waals surface area contributed by atoms with E-state index in [1.807, 2.05) is 79.7 Å². The molecule has 0 aliphatic rings. The molecule has 0 spiro atoms. The van der Waals surface area contributed by atoms with Crippen LogP contribution in [-0.4, -0.2) is 22.9 Å². The van der Waals surface area contributed by atoms with Crippen LogP contribution in [0.4, 0.5) is 0 Å². The molecule has 0 fully saturated rings. The van der Waals surface area contributed by atoms with E-state index in [2.05, 4.69) is 0 Å². The summed E-state index contributed by atoms with van der Waals surface area (Å²) in [5, 5.41) is 19.6. The van der Waals surface area contributed by atoms with Gasteiger partial charge in [0.2, 0.25) is 0 Å². The lowest BCUT2D eigenvalue weighted by Crippen LogP contribution is -2.37. The number of ether oxygens (including phenoxy) is 1. The van der Waals surface area contributed by atoms with Gasteiger partial charge in [0.05, 0.1) is 6.10 Å². The Kier molecular flexibility index (Phi) is 10.4. The number of aliphatic hydroxyl groups is 2. The molecule has 0 heterocycles. The number of halogens is 2. The maximum atomic E-state index is 10.0. The third kappa shape index (κ3) is 7.69. The minimum atomic E-state index is -0.792. The first-order valence-corrected chi connectivity index (χ1v) is 11.4. The van der Waals surface area contributed by atoms with Crippen LogP contribution >= 0.6 is 35.8 Å². The average Bonchev–Trinajstić information content (AvgIpc) is 2.73. The van der Waals surface area contributed by atoms with Crippen LogP contribution in [0.15, 0.2) is 82.6 Å². The topological polar surface area (TPSA) is 75.7 Å². The molecular formula is C25H29Cl2NO3S. The number of benzene rings is 3. The minimum Gasteiger partial charge on any atom is -0.489 e. The van der Waals surface area contributed by atoms with Crippen molar-refractivity contribution in [3.05, 3.63) is 88.9 Å². The van der Waals surface area contributed by atoms with E-state index in [-0.39, 0.29) is 19.0 Å². The van der Waals surface area contributed by atoms with Crippen molar-refractivity contribution in [3.63, 3.8) is 0 Å². The number of nitrogens with two attached hydrogens (primary N) is 1. The molecule has 4 N–H and O–H groups in total. The Morgan fingerprint density at radius 3 is 2.44 bits per heavy atom. The molecular weight excluding hydrogens is 465 g/mol. The normalized spacial score (nSPS) is 13.7. The van der Waals surface area contributed by atoms with Gasteiger partial charge in [0, 0.05) is 27.0 Å². The van der Waals surface area contributed by atoms with Crippen molar-refractivity contribution >= 4 is 35.8 Å². The molecule has 0 aliphatic carbocycles. The lowest BCUT2D eigenvalue weighted by molar-refractivity contribution is 0.103. The zero-order chi connectivity index (χ0) is 22.3. The molecule has 0 saturated carbocycles. The number of hydrogen-bond acceptors (Lipinski definition) is 5. The van der Waals surface area contributed by atoms with Gasteiger partial charge in [-0.15, -0.1) is 12.4 Å². The second-order valence-corrected chi connectivity index (χ2v) is 9.33. The fourth-order valence-electron chi connectivity index (χ4n) is 3.38. The number of rotatable bonds is 10. The molecule has 0 amide bonds. The summed E-state index contributed by atoms with van der Waals surface area (Å²) < 4.78 is 5.92. The van der Waals surface area contributed by atoms with Gasteiger partial charge in [-0.05, 0) is 61.2 Å². The molecule has 2 unspecified atom stereocenters. The molecule has 0 bridgehead atoms.